The van der Waals surface area contributed by atoms with Gasteiger partial charge in [-0.25, -0.2) is 0 Å². The lowest BCUT2D eigenvalue weighted by Crippen LogP contribution is -2.29. The second-order valence-corrected chi connectivity index (χ2v) is 5.62. The van der Waals surface area contributed by atoms with Gasteiger partial charge < -0.3 is 10.6 Å². The predicted molar refractivity (Wildman–Crippen MR) is 94.1 cm³/mol. The highest BCUT2D eigenvalue weighted by molar-refractivity contribution is 5.92. The molecule has 2 amide bonds. The summed E-state index contributed by atoms with van der Waals surface area (Å²) >= 11 is 0. The third kappa shape index (κ3) is 4.87. The predicted octanol–water partition coefficient (Wildman–Crippen LogP) is 3.11. The Labute approximate surface area is 145 Å². The molecule has 2 N–H and O–H groups in total. The van der Waals surface area contributed by atoms with Crippen molar-refractivity contribution in [1.82, 2.24) is 5.32 Å². The molecular formula is C18H19N3O4. The van der Waals surface area contributed by atoms with Crippen LogP contribution in [-0.4, -0.2) is 16.7 Å². The number of carbonyl (C=O) groups excluding carboxylic acids is 2. The Morgan fingerprint density at radius 3 is 2.40 bits per heavy atom. The molecule has 130 valence electrons. The molecule has 0 radical (unpaired) electrons. The summed E-state index contributed by atoms with van der Waals surface area (Å²) in [5.41, 5.74) is 1.52. The van der Waals surface area contributed by atoms with Crippen molar-refractivity contribution in [2.75, 3.05) is 5.32 Å². The van der Waals surface area contributed by atoms with Gasteiger partial charge in [0.1, 0.15) is 0 Å². The minimum Gasteiger partial charge on any atom is -0.349 e. The van der Waals surface area contributed by atoms with E-state index in [1.807, 2.05) is 30.3 Å². The van der Waals surface area contributed by atoms with Gasteiger partial charge >= 0.3 is 0 Å². The van der Waals surface area contributed by atoms with Gasteiger partial charge in [-0.15, -0.1) is 0 Å². The molecule has 7 heteroatoms. The molecule has 0 saturated carbocycles. The molecule has 0 heterocycles. The van der Waals surface area contributed by atoms with Gasteiger partial charge in [-0.2, -0.15) is 0 Å². The molecule has 0 bridgehead atoms. The Balaban J connectivity index is 2.16. The molecule has 1 atom stereocenters. The van der Waals surface area contributed by atoms with Crippen molar-refractivity contribution in [2.24, 2.45) is 0 Å². The van der Waals surface area contributed by atoms with Gasteiger partial charge in [0.05, 0.1) is 28.6 Å². The Kier molecular flexibility index (Phi) is 5.84. The lowest BCUT2D eigenvalue weighted by Gasteiger charge is -2.18. The van der Waals surface area contributed by atoms with Crippen LogP contribution >= 0.6 is 0 Å². The maximum absolute atomic E-state index is 12.4. The Morgan fingerprint density at radius 1 is 1.12 bits per heavy atom. The van der Waals surface area contributed by atoms with Gasteiger partial charge in [-0.05, 0) is 18.6 Å². The fourth-order valence-electron chi connectivity index (χ4n) is 2.53. The van der Waals surface area contributed by atoms with Gasteiger partial charge in [0, 0.05) is 13.0 Å². The van der Waals surface area contributed by atoms with Crippen molar-refractivity contribution < 1.29 is 14.5 Å². The molecule has 2 aromatic rings. The summed E-state index contributed by atoms with van der Waals surface area (Å²) in [6.07, 6.45) is 0.0196. The zero-order valence-electron chi connectivity index (χ0n) is 14.0. The molecule has 0 spiro atoms. The first kappa shape index (κ1) is 18.1. The minimum atomic E-state index is -0.491. The Bertz CT molecular complexity index is 790. The number of nitrogens with zero attached hydrogens (tertiary/aromatic N) is 1. The maximum atomic E-state index is 12.4. The molecule has 0 unspecified atom stereocenters. The Morgan fingerprint density at radius 2 is 1.80 bits per heavy atom. The van der Waals surface area contributed by atoms with E-state index in [1.54, 1.807) is 13.0 Å². The first-order valence-electron chi connectivity index (χ1n) is 7.74. The Hall–Kier alpha value is -3.22. The number of nitro groups is 1. The number of nitro benzene ring substituents is 1. The third-order valence-electron chi connectivity index (χ3n) is 3.74. The average Bonchev–Trinajstić information content (AvgIpc) is 2.56. The van der Waals surface area contributed by atoms with Crippen molar-refractivity contribution in [3.8, 4) is 0 Å². The minimum absolute atomic E-state index is 0.0196. The molecule has 25 heavy (non-hydrogen) atoms. The molecule has 0 saturated heterocycles. The standard InChI is InChI=1S/C18H19N3O4/c1-12-15(9-6-10-17(12)21(24)25)20-18(23)11-16(19-13(2)22)14-7-4-3-5-8-14/h3-10,16H,11H2,1-2H3,(H,19,22)(H,20,23)/t16-/m0/s1. The summed E-state index contributed by atoms with van der Waals surface area (Å²) in [5.74, 6) is -0.584. The van der Waals surface area contributed by atoms with Crippen molar-refractivity contribution >= 4 is 23.2 Å². The van der Waals surface area contributed by atoms with E-state index in [0.29, 0.717) is 11.3 Å². The molecule has 2 aromatic carbocycles. The highest BCUT2D eigenvalue weighted by Crippen LogP contribution is 2.26. The molecule has 7 nitrogen and oxygen atoms in total. The number of carbonyl (C=O) groups is 2. The van der Waals surface area contributed by atoms with Crippen LogP contribution in [0.25, 0.3) is 0 Å². The largest absolute Gasteiger partial charge is 0.349 e. The summed E-state index contributed by atoms with van der Waals surface area (Å²) in [6.45, 7) is 2.97. The van der Waals surface area contributed by atoms with Crippen LogP contribution in [0, 0.1) is 17.0 Å². The van der Waals surface area contributed by atoms with Gasteiger partial charge in [-0.3, -0.25) is 19.7 Å². The van der Waals surface area contributed by atoms with E-state index in [2.05, 4.69) is 10.6 Å². The number of anilines is 1. The lowest BCUT2D eigenvalue weighted by atomic mass is 10.0. The van der Waals surface area contributed by atoms with E-state index < -0.39 is 11.0 Å². The summed E-state index contributed by atoms with van der Waals surface area (Å²) in [6, 6.07) is 13.2. The van der Waals surface area contributed by atoms with Gasteiger partial charge in [0.15, 0.2) is 0 Å². The smallest absolute Gasteiger partial charge is 0.274 e. The SMILES string of the molecule is CC(=O)N[C@@H](CC(=O)Nc1cccc([N+](=O)[O-])c1C)c1ccccc1. The van der Waals surface area contributed by atoms with Crippen LogP contribution in [0.5, 0.6) is 0 Å². The third-order valence-corrected chi connectivity index (χ3v) is 3.74. The normalized spacial score (nSPS) is 11.4. The summed E-state index contributed by atoms with van der Waals surface area (Å²) in [7, 11) is 0. The van der Waals surface area contributed by atoms with E-state index >= 15 is 0 Å². The zero-order valence-corrected chi connectivity index (χ0v) is 14.0. The van der Waals surface area contributed by atoms with Crippen molar-refractivity contribution in [2.45, 2.75) is 26.3 Å². The van der Waals surface area contributed by atoms with E-state index in [4.69, 9.17) is 0 Å². The quantitative estimate of drug-likeness (QED) is 0.622. The number of amides is 2. The summed E-state index contributed by atoms with van der Waals surface area (Å²) in [5, 5.41) is 16.4. The molecule has 0 fully saturated rings. The fraction of sp³-hybridized carbons (Fsp3) is 0.222. The molecule has 0 aliphatic heterocycles. The molecule has 0 aromatic heterocycles. The van der Waals surface area contributed by atoms with Crippen LogP contribution in [0.4, 0.5) is 11.4 Å². The fourth-order valence-corrected chi connectivity index (χ4v) is 2.53. The number of benzene rings is 2. The van der Waals surface area contributed by atoms with E-state index in [0.717, 1.165) is 5.56 Å². The van der Waals surface area contributed by atoms with Crippen LogP contribution in [0.15, 0.2) is 48.5 Å². The molecule has 2 rings (SSSR count). The van der Waals surface area contributed by atoms with Crippen LogP contribution in [0.1, 0.15) is 30.5 Å². The summed E-state index contributed by atoms with van der Waals surface area (Å²) in [4.78, 5) is 34.3. The van der Waals surface area contributed by atoms with E-state index in [-0.39, 0.29) is 23.9 Å². The van der Waals surface area contributed by atoms with E-state index in [9.17, 15) is 19.7 Å². The highest BCUT2D eigenvalue weighted by atomic mass is 16.6. The maximum Gasteiger partial charge on any atom is 0.274 e. The topological polar surface area (TPSA) is 101 Å². The second kappa shape index (κ2) is 8.05. The first-order chi connectivity index (χ1) is 11.9. The number of nitrogens with one attached hydrogen (secondary N) is 2. The van der Waals surface area contributed by atoms with Gasteiger partial charge in [-0.1, -0.05) is 36.4 Å². The molecular weight excluding hydrogens is 322 g/mol. The monoisotopic (exact) mass is 341 g/mol. The average molecular weight is 341 g/mol. The second-order valence-electron chi connectivity index (χ2n) is 5.62. The van der Waals surface area contributed by atoms with Crippen LogP contribution in [0.3, 0.4) is 0 Å². The van der Waals surface area contributed by atoms with Crippen LogP contribution < -0.4 is 10.6 Å². The highest BCUT2D eigenvalue weighted by Gasteiger charge is 2.19. The van der Waals surface area contributed by atoms with Crippen molar-refractivity contribution in [3.63, 3.8) is 0 Å². The van der Waals surface area contributed by atoms with Gasteiger partial charge in [0.25, 0.3) is 5.69 Å². The number of rotatable bonds is 6. The number of hydrogen-bond acceptors (Lipinski definition) is 4. The van der Waals surface area contributed by atoms with Gasteiger partial charge in [0.2, 0.25) is 11.8 Å². The first-order valence-corrected chi connectivity index (χ1v) is 7.74. The zero-order chi connectivity index (χ0) is 18.4. The molecule has 0 aliphatic rings. The lowest BCUT2D eigenvalue weighted by molar-refractivity contribution is -0.385. The van der Waals surface area contributed by atoms with Crippen molar-refractivity contribution in [3.05, 3.63) is 69.8 Å². The number of hydrogen-bond donors (Lipinski definition) is 2. The van der Waals surface area contributed by atoms with E-state index in [1.165, 1.54) is 19.1 Å². The van der Waals surface area contributed by atoms with Crippen molar-refractivity contribution in [1.29, 1.82) is 0 Å². The van der Waals surface area contributed by atoms with Crippen LogP contribution in [0.2, 0.25) is 0 Å². The molecule has 0 aliphatic carbocycles. The van der Waals surface area contributed by atoms with Crippen LogP contribution in [-0.2, 0) is 9.59 Å². The summed E-state index contributed by atoms with van der Waals surface area (Å²) < 4.78 is 0.